The number of carbonyl (C=O) groups is 1. The molecule has 5 rings (SSSR count). The third-order valence-corrected chi connectivity index (χ3v) is 9.57. The third kappa shape index (κ3) is 8.89. The monoisotopic (exact) mass is 663 g/mol. The number of hydrogen-bond donors (Lipinski definition) is 2. The van der Waals surface area contributed by atoms with Gasteiger partial charge in [0.25, 0.3) is 0 Å². The Morgan fingerprint density at radius 3 is 1.98 bits per heavy atom. The lowest BCUT2D eigenvalue weighted by atomic mass is 10.2. The molecule has 0 unspecified atom stereocenters. The molecule has 15 heteroatoms. The Labute approximate surface area is 255 Å². The van der Waals surface area contributed by atoms with Gasteiger partial charge in [0.1, 0.15) is 11.6 Å². The zero-order valence-corrected chi connectivity index (χ0v) is 24.8. The van der Waals surface area contributed by atoms with Crippen molar-refractivity contribution < 1.29 is 44.3 Å². The average molecular weight is 664 g/mol. The summed E-state index contributed by atoms with van der Waals surface area (Å²) < 4.78 is 99.5. The van der Waals surface area contributed by atoms with Crippen molar-refractivity contribution in [2.24, 2.45) is 0 Å². The van der Waals surface area contributed by atoms with E-state index in [1.54, 1.807) is 24.3 Å². The van der Waals surface area contributed by atoms with Crippen LogP contribution in [0.15, 0.2) is 108 Å². The number of sulfonamides is 1. The molecule has 5 aromatic rings. The number of para-hydroxylation sites is 2. The molecule has 0 aliphatic carbocycles. The average Bonchev–Trinajstić information content (AvgIpc) is 3.35. The van der Waals surface area contributed by atoms with Crippen molar-refractivity contribution in [2.45, 2.75) is 17.6 Å². The molecule has 0 fully saturated rings. The molecule has 0 bridgehead atoms. The van der Waals surface area contributed by atoms with Crippen molar-refractivity contribution >= 4 is 42.6 Å². The number of rotatable bonds is 9. The van der Waals surface area contributed by atoms with Gasteiger partial charge in [-0.2, -0.15) is 13.2 Å². The fourth-order valence-corrected chi connectivity index (χ4v) is 7.26. The van der Waals surface area contributed by atoms with Gasteiger partial charge in [-0.15, -0.1) is 0 Å². The molecule has 9 nitrogen and oxygen atoms in total. The summed E-state index contributed by atoms with van der Waals surface area (Å²) in [7, 11) is -7.84. The molecule has 0 amide bonds. The van der Waals surface area contributed by atoms with Gasteiger partial charge in [0.2, 0.25) is 10.0 Å². The van der Waals surface area contributed by atoms with E-state index in [1.807, 2.05) is 54.6 Å². The molecule has 0 radical (unpaired) electrons. The fourth-order valence-electron chi connectivity index (χ4n) is 4.12. The topological polar surface area (TPSA) is 135 Å². The molecule has 1 aromatic heterocycles. The minimum absolute atomic E-state index is 0.128. The van der Waals surface area contributed by atoms with E-state index >= 15 is 0 Å². The molecular formula is C30H25F4N3O6S2. The predicted molar refractivity (Wildman–Crippen MR) is 160 cm³/mol. The molecule has 0 aliphatic rings. The number of nitrogens with zero attached hydrogens (tertiary/aromatic N) is 2. The number of aromatic nitrogens is 2. The van der Waals surface area contributed by atoms with Crippen LogP contribution in [0, 0.1) is 5.82 Å². The summed E-state index contributed by atoms with van der Waals surface area (Å²) in [4.78, 5) is 13.6. The first-order valence-electron chi connectivity index (χ1n) is 13.0. The predicted octanol–water partition coefficient (Wildman–Crippen LogP) is 5.74. The summed E-state index contributed by atoms with van der Waals surface area (Å²) in [5.74, 6) is -3.85. The maximum absolute atomic E-state index is 13.1. The first-order chi connectivity index (χ1) is 21.1. The van der Waals surface area contributed by atoms with Crippen molar-refractivity contribution in [3.63, 3.8) is 0 Å². The van der Waals surface area contributed by atoms with Crippen LogP contribution in [0.1, 0.15) is 5.56 Å². The Bertz CT molecular complexity index is 2000. The summed E-state index contributed by atoms with van der Waals surface area (Å²) in [6, 6.07) is 29.0. The summed E-state index contributed by atoms with van der Waals surface area (Å²) in [5, 5.41) is 7.12. The molecule has 0 saturated carbocycles. The smallest absolute Gasteiger partial charge is 0.475 e. The van der Waals surface area contributed by atoms with E-state index in [1.165, 1.54) is 0 Å². The minimum atomic E-state index is -5.08. The van der Waals surface area contributed by atoms with Gasteiger partial charge in [0.05, 0.1) is 27.4 Å². The highest BCUT2D eigenvalue weighted by Gasteiger charge is 2.38. The van der Waals surface area contributed by atoms with Gasteiger partial charge < -0.3 is 9.67 Å². The van der Waals surface area contributed by atoms with Gasteiger partial charge in [-0.05, 0) is 66.2 Å². The zero-order chi connectivity index (χ0) is 32.8. The number of anilines is 1. The Balaban J connectivity index is 0.000000591. The van der Waals surface area contributed by atoms with E-state index in [2.05, 4.69) is 9.29 Å². The summed E-state index contributed by atoms with van der Waals surface area (Å²) in [5.41, 5.74) is 4.07. The van der Waals surface area contributed by atoms with Crippen LogP contribution in [0.4, 0.5) is 23.2 Å². The normalized spacial score (nSPS) is 11.9. The summed E-state index contributed by atoms with van der Waals surface area (Å²) in [6.45, 7) is 0.619. The maximum Gasteiger partial charge on any atom is 0.490 e. The minimum Gasteiger partial charge on any atom is -0.475 e. The van der Waals surface area contributed by atoms with Crippen LogP contribution < -0.4 is 4.72 Å². The number of carboxylic acids is 1. The van der Waals surface area contributed by atoms with Gasteiger partial charge in [-0.1, -0.05) is 42.5 Å². The lowest BCUT2D eigenvalue weighted by Gasteiger charge is -2.11. The molecule has 45 heavy (non-hydrogen) atoms. The second-order valence-electron chi connectivity index (χ2n) is 9.57. The van der Waals surface area contributed by atoms with Crippen LogP contribution in [-0.2, 0) is 31.2 Å². The molecule has 0 aliphatic heterocycles. The Hall–Kier alpha value is -4.76. The van der Waals surface area contributed by atoms with Crippen LogP contribution in [0.5, 0.6) is 0 Å². The number of imidazole rings is 1. The zero-order valence-electron chi connectivity index (χ0n) is 23.1. The van der Waals surface area contributed by atoms with Gasteiger partial charge >= 0.3 is 12.1 Å². The number of carboxylic acid groups (broad SMARTS) is 1. The van der Waals surface area contributed by atoms with Crippen LogP contribution >= 0.6 is 0 Å². The first-order valence-corrected chi connectivity index (χ1v) is 16.3. The van der Waals surface area contributed by atoms with E-state index in [-0.39, 0.29) is 4.90 Å². The summed E-state index contributed by atoms with van der Waals surface area (Å²) >= 11 is 0. The molecule has 1 heterocycles. The number of fused-ring (bicyclic) bond motifs is 1. The van der Waals surface area contributed by atoms with Gasteiger partial charge in [0.15, 0.2) is 9.84 Å². The van der Waals surface area contributed by atoms with Crippen molar-refractivity contribution in [3.05, 3.63) is 115 Å². The number of aliphatic carboxylic acids is 1. The Morgan fingerprint density at radius 1 is 0.800 bits per heavy atom. The third-order valence-electron chi connectivity index (χ3n) is 6.29. The molecular weight excluding hydrogens is 638 g/mol. The van der Waals surface area contributed by atoms with Crippen molar-refractivity contribution in [2.75, 3.05) is 16.2 Å². The number of nitrogens with one attached hydrogen (secondary N) is 1. The molecule has 0 spiro atoms. The SMILES string of the molecule is O=C(O)C(F)(F)F.O=S(=O)(CCS(=O)(=O)c1ccc(F)cc1)Nc1ccc(-c2nc3ccccc3n2Cc2ccccc2)cc1. The largest absolute Gasteiger partial charge is 0.490 e. The maximum atomic E-state index is 13.1. The first kappa shape index (κ1) is 33.1. The van der Waals surface area contributed by atoms with E-state index < -0.39 is 49.3 Å². The number of alkyl halides is 3. The Morgan fingerprint density at radius 2 is 1.38 bits per heavy atom. The number of halogens is 4. The highest BCUT2D eigenvalue weighted by molar-refractivity contribution is 7.95. The summed E-state index contributed by atoms with van der Waals surface area (Å²) in [6.07, 6.45) is -5.08. The fraction of sp³-hybridized carbons (Fsp3) is 0.133. The van der Waals surface area contributed by atoms with Gasteiger partial charge in [0, 0.05) is 17.8 Å². The van der Waals surface area contributed by atoms with Gasteiger partial charge in [-0.25, -0.2) is 31.0 Å². The molecule has 2 N–H and O–H groups in total. The van der Waals surface area contributed by atoms with Crippen LogP contribution in [0.2, 0.25) is 0 Å². The van der Waals surface area contributed by atoms with Crippen molar-refractivity contribution in [1.82, 2.24) is 9.55 Å². The van der Waals surface area contributed by atoms with E-state index in [4.69, 9.17) is 14.9 Å². The van der Waals surface area contributed by atoms with Crippen LogP contribution in [-0.4, -0.2) is 55.1 Å². The molecule has 0 saturated heterocycles. The van der Waals surface area contributed by atoms with E-state index in [0.717, 1.165) is 52.3 Å². The van der Waals surface area contributed by atoms with Crippen LogP contribution in [0.3, 0.4) is 0 Å². The highest BCUT2D eigenvalue weighted by Crippen LogP contribution is 2.27. The quantitative estimate of drug-likeness (QED) is 0.152. The lowest BCUT2D eigenvalue weighted by molar-refractivity contribution is -0.192. The van der Waals surface area contributed by atoms with Gasteiger partial charge in [-0.3, -0.25) is 4.72 Å². The number of sulfone groups is 1. The second kappa shape index (κ2) is 13.5. The van der Waals surface area contributed by atoms with Crippen molar-refractivity contribution in [1.29, 1.82) is 0 Å². The molecule has 4 aromatic carbocycles. The van der Waals surface area contributed by atoms with E-state index in [0.29, 0.717) is 12.2 Å². The second-order valence-corrected chi connectivity index (χ2v) is 13.5. The molecule has 0 atom stereocenters. The standard InChI is InChI=1S/C28H24FN3O4S2.C2HF3O2/c29-23-12-16-25(17-13-23)37(33,34)18-19-38(35,36)31-24-14-10-22(11-15-24)28-30-26-8-4-5-9-27(26)32(28)20-21-6-2-1-3-7-21;3-2(4,5)1(6)7/h1-17,31H,18-20H2;(H,6,7). The van der Waals surface area contributed by atoms with Crippen molar-refractivity contribution in [3.8, 4) is 11.4 Å². The van der Waals surface area contributed by atoms with E-state index in [9.17, 15) is 34.4 Å². The molecule has 236 valence electrons. The highest BCUT2D eigenvalue weighted by atomic mass is 32.2. The number of benzene rings is 4. The lowest BCUT2D eigenvalue weighted by Crippen LogP contribution is -2.23. The Kier molecular flexibility index (Phi) is 9.93. The number of hydrogen-bond acceptors (Lipinski definition) is 6. The van der Waals surface area contributed by atoms with Crippen LogP contribution in [0.25, 0.3) is 22.4 Å².